The molecule has 0 saturated heterocycles. The minimum atomic E-state index is -1.08. The third-order valence-corrected chi connectivity index (χ3v) is 1.60. The van der Waals surface area contributed by atoms with Gasteiger partial charge in [-0.15, -0.1) is 0 Å². The van der Waals surface area contributed by atoms with Crippen LogP contribution in [0.1, 0.15) is 10.5 Å². The van der Waals surface area contributed by atoms with Crippen LogP contribution in [0.4, 0.5) is 0 Å². The Bertz CT molecular complexity index is 452. The fourth-order valence-corrected chi connectivity index (χ4v) is 0.969. The van der Waals surface area contributed by atoms with Crippen LogP contribution in [0.2, 0.25) is 0 Å². The van der Waals surface area contributed by atoms with Gasteiger partial charge in [-0.1, -0.05) is 0 Å². The SMILES string of the molecule is O=C(O)c1ccnc(-n2ccnc2)n1. The zero-order valence-electron chi connectivity index (χ0n) is 7.03. The number of carbonyl (C=O) groups is 1. The normalized spacial score (nSPS) is 10.0. The second kappa shape index (κ2) is 3.25. The van der Waals surface area contributed by atoms with Gasteiger partial charge in [0.25, 0.3) is 0 Å². The Morgan fingerprint density at radius 2 is 2.29 bits per heavy atom. The molecule has 1 N–H and O–H groups in total. The first-order valence-corrected chi connectivity index (χ1v) is 3.82. The molecular weight excluding hydrogens is 184 g/mol. The molecule has 6 nitrogen and oxygen atoms in total. The van der Waals surface area contributed by atoms with Crippen molar-refractivity contribution in [2.45, 2.75) is 0 Å². The minimum absolute atomic E-state index is 0.0382. The number of hydrogen-bond donors (Lipinski definition) is 1. The summed E-state index contributed by atoms with van der Waals surface area (Å²) in [5.74, 6) is -0.781. The molecule has 0 spiro atoms. The Morgan fingerprint density at radius 3 is 2.93 bits per heavy atom. The zero-order valence-corrected chi connectivity index (χ0v) is 7.03. The van der Waals surface area contributed by atoms with Gasteiger partial charge in [-0.05, 0) is 6.07 Å². The highest BCUT2D eigenvalue weighted by Gasteiger charge is 2.06. The zero-order chi connectivity index (χ0) is 9.97. The van der Waals surface area contributed by atoms with E-state index in [4.69, 9.17) is 5.11 Å². The highest BCUT2D eigenvalue weighted by molar-refractivity contribution is 5.85. The van der Waals surface area contributed by atoms with Crippen molar-refractivity contribution in [2.75, 3.05) is 0 Å². The maximum absolute atomic E-state index is 10.6. The van der Waals surface area contributed by atoms with Crippen LogP contribution < -0.4 is 0 Å². The molecule has 14 heavy (non-hydrogen) atoms. The summed E-state index contributed by atoms with van der Waals surface area (Å²) in [4.78, 5) is 22.2. The molecule has 0 unspecified atom stereocenters. The van der Waals surface area contributed by atoms with E-state index >= 15 is 0 Å². The first-order chi connectivity index (χ1) is 6.77. The lowest BCUT2D eigenvalue weighted by Crippen LogP contribution is -2.05. The molecule has 0 fully saturated rings. The standard InChI is InChI=1S/C8H6N4O2/c13-7(14)6-1-2-10-8(11-6)12-4-3-9-5-12/h1-5H,(H,13,14). The van der Waals surface area contributed by atoms with Crippen LogP contribution in [0.25, 0.3) is 5.95 Å². The van der Waals surface area contributed by atoms with Crippen molar-refractivity contribution in [1.82, 2.24) is 19.5 Å². The van der Waals surface area contributed by atoms with Crippen molar-refractivity contribution in [2.24, 2.45) is 0 Å². The predicted octanol–water partition coefficient (Wildman–Crippen LogP) is 0.360. The molecule has 0 aromatic carbocycles. The third-order valence-electron chi connectivity index (χ3n) is 1.60. The van der Waals surface area contributed by atoms with E-state index in [0.717, 1.165) is 0 Å². The summed E-state index contributed by atoms with van der Waals surface area (Å²) in [6.07, 6.45) is 6.10. The van der Waals surface area contributed by atoms with E-state index in [1.165, 1.54) is 23.2 Å². The first kappa shape index (κ1) is 8.36. The van der Waals surface area contributed by atoms with Crippen LogP contribution in [-0.2, 0) is 0 Å². The topological polar surface area (TPSA) is 80.9 Å². The molecule has 6 heteroatoms. The van der Waals surface area contributed by atoms with Gasteiger partial charge < -0.3 is 5.11 Å². The highest BCUT2D eigenvalue weighted by atomic mass is 16.4. The van der Waals surface area contributed by atoms with E-state index in [0.29, 0.717) is 5.95 Å². The number of nitrogens with zero attached hydrogens (tertiary/aromatic N) is 4. The number of aromatic carboxylic acids is 1. The van der Waals surface area contributed by atoms with Crippen LogP contribution in [-0.4, -0.2) is 30.6 Å². The van der Waals surface area contributed by atoms with Gasteiger partial charge in [0.05, 0.1) is 0 Å². The quantitative estimate of drug-likeness (QED) is 0.739. The van der Waals surface area contributed by atoms with Crippen LogP contribution in [0.15, 0.2) is 31.0 Å². The second-order valence-corrected chi connectivity index (χ2v) is 2.52. The molecule has 2 aromatic heterocycles. The molecule has 2 heterocycles. The van der Waals surface area contributed by atoms with Crippen molar-refractivity contribution in [1.29, 1.82) is 0 Å². The average molecular weight is 190 g/mol. The largest absolute Gasteiger partial charge is 0.477 e. The predicted molar refractivity (Wildman–Crippen MR) is 46.1 cm³/mol. The van der Waals surface area contributed by atoms with Gasteiger partial charge in [-0.2, -0.15) is 0 Å². The lowest BCUT2D eigenvalue weighted by atomic mass is 10.4. The Labute approximate surface area is 78.9 Å². The highest BCUT2D eigenvalue weighted by Crippen LogP contribution is 2.00. The molecule has 2 aromatic rings. The summed E-state index contributed by atoms with van der Waals surface area (Å²) in [5.41, 5.74) is -0.0382. The lowest BCUT2D eigenvalue weighted by molar-refractivity contribution is 0.0690. The van der Waals surface area contributed by atoms with Gasteiger partial charge in [-0.25, -0.2) is 19.7 Å². The van der Waals surface area contributed by atoms with E-state index in [9.17, 15) is 4.79 Å². The first-order valence-electron chi connectivity index (χ1n) is 3.82. The van der Waals surface area contributed by atoms with Gasteiger partial charge in [0, 0.05) is 18.6 Å². The maximum atomic E-state index is 10.6. The summed E-state index contributed by atoms with van der Waals surface area (Å²) >= 11 is 0. The van der Waals surface area contributed by atoms with E-state index < -0.39 is 5.97 Å². The van der Waals surface area contributed by atoms with Gasteiger partial charge in [0.15, 0.2) is 5.69 Å². The summed E-state index contributed by atoms with van der Waals surface area (Å²) in [7, 11) is 0. The van der Waals surface area contributed by atoms with E-state index in [2.05, 4.69) is 15.0 Å². The molecule has 0 aliphatic heterocycles. The molecular formula is C8H6N4O2. The second-order valence-electron chi connectivity index (χ2n) is 2.52. The lowest BCUT2D eigenvalue weighted by Gasteiger charge is -1.99. The Kier molecular flexibility index (Phi) is 1.94. The van der Waals surface area contributed by atoms with Crippen LogP contribution >= 0.6 is 0 Å². The maximum Gasteiger partial charge on any atom is 0.354 e. The Morgan fingerprint density at radius 1 is 1.43 bits per heavy atom. The molecule has 0 aliphatic rings. The minimum Gasteiger partial charge on any atom is -0.477 e. The molecule has 70 valence electrons. The molecule has 0 amide bonds. The average Bonchev–Trinajstić information content (AvgIpc) is 2.71. The fourth-order valence-electron chi connectivity index (χ4n) is 0.969. The number of hydrogen-bond acceptors (Lipinski definition) is 4. The molecule has 0 radical (unpaired) electrons. The molecule has 0 saturated carbocycles. The van der Waals surface area contributed by atoms with Crippen molar-refractivity contribution in [3.63, 3.8) is 0 Å². The van der Waals surface area contributed by atoms with Crippen molar-refractivity contribution in [3.8, 4) is 5.95 Å². The number of carboxylic acids is 1. The Balaban J connectivity index is 2.46. The molecule has 0 aliphatic carbocycles. The number of aromatic nitrogens is 4. The van der Waals surface area contributed by atoms with Gasteiger partial charge in [0.1, 0.15) is 6.33 Å². The van der Waals surface area contributed by atoms with Gasteiger partial charge in [-0.3, -0.25) is 4.57 Å². The molecule has 0 bridgehead atoms. The van der Waals surface area contributed by atoms with Gasteiger partial charge in [0.2, 0.25) is 5.95 Å². The Hall–Kier alpha value is -2.24. The molecule has 2 rings (SSSR count). The van der Waals surface area contributed by atoms with Crippen molar-refractivity contribution < 1.29 is 9.90 Å². The van der Waals surface area contributed by atoms with Crippen LogP contribution in [0, 0.1) is 0 Å². The third kappa shape index (κ3) is 1.45. The molecule has 0 atom stereocenters. The summed E-state index contributed by atoms with van der Waals surface area (Å²) in [6.45, 7) is 0. The van der Waals surface area contributed by atoms with Gasteiger partial charge >= 0.3 is 5.97 Å². The smallest absolute Gasteiger partial charge is 0.354 e. The summed E-state index contributed by atoms with van der Waals surface area (Å²) < 4.78 is 1.53. The van der Waals surface area contributed by atoms with Crippen molar-refractivity contribution in [3.05, 3.63) is 36.7 Å². The number of imidazole rings is 1. The number of rotatable bonds is 2. The van der Waals surface area contributed by atoms with E-state index in [-0.39, 0.29) is 5.69 Å². The van der Waals surface area contributed by atoms with Crippen LogP contribution in [0.5, 0.6) is 0 Å². The summed E-state index contributed by atoms with van der Waals surface area (Å²) in [6, 6.07) is 1.34. The van der Waals surface area contributed by atoms with Crippen LogP contribution in [0.3, 0.4) is 0 Å². The van der Waals surface area contributed by atoms with E-state index in [1.54, 1.807) is 12.4 Å². The summed E-state index contributed by atoms with van der Waals surface area (Å²) in [5, 5.41) is 8.69. The van der Waals surface area contributed by atoms with E-state index in [1.807, 2.05) is 0 Å². The fraction of sp³-hybridized carbons (Fsp3) is 0. The number of carboxylic acid groups (broad SMARTS) is 1. The van der Waals surface area contributed by atoms with Crippen molar-refractivity contribution >= 4 is 5.97 Å². The monoisotopic (exact) mass is 190 g/mol.